The molecule has 2 heterocycles. The first kappa shape index (κ1) is 17.4. The molecule has 23 heavy (non-hydrogen) atoms. The second kappa shape index (κ2) is 8.09. The van der Waals surface area contributed by atoms with E-state index >= 15 is 0 Å². The zero-order valence-corrected chi connectivity index (χ0v) is 14.7. The molecular weight excluding hydrogens is 288 g/mol. The largest absolute Gasteiger partial charge is 0.354 e. The minimum absolute atomic E-state index is 0.114. The van der Waals surface area contributed by atoms with E-state index in [1.54, 1.807) is 0 Å². The number of carbonyl (C=O) groups is 1. The Hall–Kier alpha value is -1.91. The van der Waals surface area contributed by atoms with Gasteiger partial charge in [-0.1, -0.05) is 13.8 Å². The van der Waals surface area contributed by atoms with Gasteiger partial charge < -0.3 is 9.88 Å². The van der Waals surface area contributed by atoms with Gasteiger partial charge in [-0.2, -0.15) is 0 Å². The second-order valence-electron chi connectivity index (χ2n) is 6.78. The van der Waals surface area contributed by atoms with Crippen molar-refractivity contribution in [2.75, 3.05) is 0 Å². The normalized spacial score (nSPS) is 11.6. The first-order chi connectivity index (χ1) is 11.0. The molecule has 0 saturated heterocycles. The van der Waals surface area contributed by atoms with Gasteiger partial charge in [-0.3, -0.25) is 4.79 Å². The Labute approximate surface area is 138 Å². The van der Waals surface area contributed by atoms with Crippen molar-refractivity contribution in [2.45, 2.75) is 66.0 Å². The minimum Gasteiger partial charge on any atom is -0.354 e. The number of aryl methyl sites for hydroxylation is 2. The Morgan fingerprint density at radius 3 is 2.78 bits per heavy atom. The summed E-state index contributed by atoms with van der Waals surface area (Å²) in [5, 5.41) is 2.93. The van der Waals surface area contributed by atoms with Gasteiger partial charge >= 0.3 is 0 Å². The smallest absolute Gasteiger partial charge is 0.220 e. The number of imidazole rings is 1. The third kappa shape index (κ3) is 5.05. The lowest BCUT2D eigenvalue weighted by Crippen LogP contribution is -2.29. The van der Waals surface area contributed by atoms with E-state index in [1.807, 2.05) is 32.2 Å². The van der Waals surface area contributed by atoms with E-state index in [0.29, 0.717) is 12.3 Å². The highest BCUT2D eigenvalue weighted by molar-refractivity contribution is 5.76. The standard InChI is InChI=1S/C18H28N4O/c1-13(2)10-12-22-16(8-5-9-17(23)20-14(3)4)21-15-7-6-11-19-18(15)22/h6-7,11,13-14H,5,8-10,12H2,1-4H3,(H,20,23). The number of amides is 1. The van der Waals surface area contributed by atoms with Crippen LogP contribution in [-0.2, 0) is 17.8 Å². The van der Waals surface area contributed by atoms with E-state index in [2.05, 4.69) is 28.7 Å². The van der Waals surface area contributed by atoms with Gasteiger partial charge in [0.2, 0.25) is 5.91 Å². The predicted octanol–water partition coefficient (Wildman–Crippen LogP) is 3.32. The number of hydrogen-bond acceptors (Lipinski definition) is 3. The Morgan fingerprint density at radius 1 is 1.30 bits per heavy atom. The molecule has 0 saturated carbocycles. The zero-order valence-electron chi connectivity index (χ0n) is 14.7. The van der Waals surface area contributed by atoms with Crippen molar-refractivity contribution >= 4 is 17.1 Å². The van der Waals surface area contributed by atoms with Crippen LogP contribution in [0, 0.1) is 5.92 Å². The van der Waals surface area contributed by atoms with Crippen LogP contribution in [0.4, 0.5) is 0 Å². The van der Waals surface area contributed by atoms with Crippen molar-refractivity contribution in [1.82, 2.24) is 19.9 Å². The average molecular weight is 316 g/mol. The number of rotatable bonds is 8. The Kier molecular flexibility index (Phi) is 6.13. The fourth-order valence-corrected chi connectivity index (χ4v) is 2.62. The van der Waals surface area contributed by atoms with E-state index < -0.39 is 0 Å². The van der Waals surface area contributed by atoms with Crippen LogP contribution in [0.25, 0.3) is 11.2 Å². The molecule has 2 rings (SSSR count). The number of fused-ring (bicyclic) bond motifs is 1. The molecule has 0 radical (unpaired) electrons. The van der Waals surface area contributed by atoms with Crippen LogP contribution in [0.5, 0.6) is 0 Å². The summed E-state index contributed by atoms with van der Waals surface area (Å²) in [5.41, 5.74) is 1.90. The molecule has 0 spiro atoms. The molecule has 126 valence electrons. The molecule has 1 amide bonds. The zero-order chi connectivity index (χ0) is 16.8. The van der Waals surface area contributed by atoms with Gasteiger partial charge in [0.1, 0.15) is 11.3 Å². The number of carbonyl (C=O) groups excluding carboxylic acids is 1. The lowest BCUT2D eigenvalue weighted by molar-refractivity contribution is -0.121. The molecule has 0 aliphatic heterocycles. The van der Waals surface area contributed by atoms with Crippen LogP contribution in [0.1, 0.15) is 52.8 Å². The van der Waals surface area contributed by atoms with Gasteiger partial charge in [0.05, 0.1) is 0 Å². The van der Waals surface area contributed by atoms with Crippen LogP contribution in [0.15, 0.2) is 18.3 Å². The molecule has 5 nitrogen and oxygen atoms in total. The van der Waals surface area contributed by atoms with Gasteiger partial charge in [-0.25, -0.2) is 9.97 Å². The lowest BCUT2D eigenvalue weighted by Gasteiger charge is -2.11. The number of nitrogens with zero attached hydrogens (tertiary/aromatic N) is 3. The fourth-order valence-electron chi connectivity index (χ4n) is 2.62. The molecule has 0 aromatic carbocycles. The van der Waals surface area contributed by atoms with E-state index in [9.17, 15) is 4.79 Å². The van der Waals surface area contributed by atoms with Crippen LogP contribution < -0.4 is 5.32 Å². The molecule has 0 aliphatic rings. The van der Waals surface area contributed by atoms with Crippen molar-refractivity contribution in [3.63, 3.8) is 0 Å². The maximum absolute atomic E-state index is 11.8. The summed E-state index contributed by atoms with van der Waals surface area (Å²) in [7, 11) is 0. The third-order valence-corrected chi connectivity index (χ3v) is 3.77. The van der Waals surface area contributed by atoms with Gasteiger partial charge in [0, 0.05) is 31.6 Å². The van der Waals surface area contributed by atoms with Crippen LogP contribution in [0.2, 0.25) is 0 Å². The SMILES string of the molecule is CC(C)CCn1c(CCCC(=O)NC(C)C)nc2cccnc21. The van der Waals surface area contributed by atoms with Gasteiger partial charge in [-0.05, 0) is 44.7 Å². The van der Waals surface area contributed by atoms with Crippen molar-refractivity contribution < 1.29 is 4.79 Å². The molecular formula is C18H28N4O. The molecule has 0 fully saturated rings. The summed E-state index contributed by atoms with van der Waals surface area (Å²) < 4.78 is 2.22. The Morgan fingerprint density at radius 2 is 2.09 bits per heavy atom. The third-order valence-electron chi connectivity index (χ3n) is 3.77. The highest BCUT2D eigenvalue weighted by atomic mass is 16.1. The summed E-state index contributed by atoms with van der Waals surface area (Å²) in [6.45, 7) is 9.34. The highest BCUT2D eigenvalue weighted by Gasteiger charge is 2.12. The summed E-state index contributed by atoms with van der Waals surface area (Å²) in [6.07, 6.45) is 5.07. The summed E-state index contributed by atoms with van der Waals surface area (Å²) in [5.74, 6) is 1.79. The van der Waals surface area contributed by atoms with Crippen molar-refractivity contribution in [3.8, 4) is 0 Å². The maximum Gasteiger partial charge on any atom is 0.220 e. The Bertz CT molecular complexity index is 646. The van der Waals surface area contributed by atoms with Gasteiger partial charge in [-0.15, -0.1) is 0 Å². The fraction of sp³-hybridized carbons (Fsp3) is 0.611. The molecule has 1 N–H and O–H groups in total. The van der Waals surface area contributed by atoms with Crippen molar-refractivity contribution in [2.24, 2.45) is 5.92 Å². The Balaban J connectivity index is 2.06. The molecule has 0 aliphatic carbocycles. The summed E-state index contributed by atoms with van der Waals surface area (Å²) in [4.78, 5) is 21.0. The molecule has 2 aromatic heterocycles. The highest BCUT2D eigenvalue weighted by Crippen LogP contribution is 2.17. The predicted molar refractivity (Wildman–Crippen MR) is 93.2 cm³/mol. The average Bonchev–Trinajstić information content (AvgIpc) is 2.82. The summed E-state index contributed by atoms with van der Waals surface area (Å²) >= 11 is 0. The molecule has 0 unspecified atom stereocenters. The lowest BCUT2D eigenvalue weighted by atomic mass is 10.1. The molecule has 0 bridgehead atoms. The van der Waals surface area contributed by atoms with Crippen molar-refractivity contribution in [1.29, 1.82) is 0 Å². The second-order valence-corrected chi connectivity index (χ2v) is 6.78. The number of pyridine rings is 1. The molecule has 2 aromatic rings. The van der Waals surface area contributed by atoms with Gasteiger partial charge in [0.25, 0.3) is 0 Å². The molecule has 5 heteroatoms. The van der Waals surface area contributed by atoms with E-state index in [-0.39, 0.29) is 11.9 Å². The van der Waals surface area contributed by atoms with Crippen LogP contribution in [0.3, 0.4) is 0 Å². The topological polar surface area (TPSA) is 59.8 Å². The van der Waals surface area contributed by atoms with Crippen LogP contribution >= 0.6 is 0 Å². The first-order valence-corrected chi connectivity index (χ1v) is 8.57. The molecule has 0 atom stereocenters. The van der Waals surface area contributed by atoms with Crippen molar-refractivity contribution in [3.05, 3.63) is 24.2 Å². The summed E-state index contributed by atoms with van der Waals surface area (Å²) in [6, 6.07) is 4.12. The number of hydrogen-bond donors (Lipinski definition) is 1. The number of aromatic nitrogens is 3. The van der Waals surface area contributed by atoms with Gasteiger partial charge in [0.15, 0.2) is 5.65 Å². The van der Waals surface area contributed by atoms with E-state index in [4.69, 9.17) is 4.98 Å². The number of nitrogens with one attached hydrogen (secondary N) is 1. The maximum atomic E-state index is 11.8. The van der Waals surface area contributed by atoms with E-state index in [0.717, 1.165) is 42.8 Å². The van der Waals surface area contributed by atoms with Crippen LogP contribution in [-0.4, -0.2) is 26.5 Å². The monoisotopic (exact) mass is 316 g/mol. The van der Waals surface area contributed by atoms with E-state index in [1.165, 1.54) is 0 Å². The minimum atomic E-state index is 0.114. The first-order valence-electron chi connectivity index (χ1n) is 8.57. The quantitative estimate of drug-likeness (QED) is 0.812.